The summed E-state index contributed by atoms with van der Waals surface area (Å²) in [6, 6.07) is 0. The minimum atomic E-state index is -0.301. The normalized spacial score (nSPS) is 39.0. The zero-order valence-corrected chi connectivity index (χ0v) is 13.2. The standard InChI is InChI=1S/C18H34O/c1-3-5-6-7-15-8-9-17-14-18(19,11-4-2)12-10-16(17)13-15/h15-17,19H,3-14H2,1-2H3/t15?,16-,17?,18+/m1/s1. The summed E-state index contributed by atoms with van der Waals surface area (Å²) in [6.45, 7) is 4.50. The molecule has 19 heavy (non-hydrogen) atoms. The maximum atomic E-state index is 10.6. The zero-order valence-electron chi connectivity index (χ0n) is 13.2. The summed E-state index contributed by atoms with van der Waals surface area (Å²) in [5.74, 6) is 2.79. The van der Waals surface area contributed by atoms with Gasteiger partial charge < -0.3 is 5.11 Å². The summed E-state index contributed by atoms with van der Waals surface area (Å²) < 4.78 is 0. The monoisotopic (exact) mass is 266 g/mol. The van der Waals surface area contributed by atoms with Crippen molar-refractivity contribution in [1.82, 2.24) is 0 Å². The maximum absolute atomic E-state index is 10.6. The van der Waals surface area contributed by atoms with Crippen LogP contribution in [0.2, 0.25) is 0 Å². The van der Waals surface area contributed by atoms with E-state index in [2.05, 4.69) is 13.8 Å². The van der Waals surface area contributed by atoms with E-state index in [1.165, 1.54) is 51.4 Å². The first-order valence-corrected chi connectivity index (χ1v) is 8.89. The van der Waals surface area contributed by atoms with Gasteiger partial charge in [0, 0.05) is 0 Å². The van der Waals surface area contributed by atoms with E-state index in [-0.39, 0.29) is 5.60 Å². The highest BCUT2D eigenvalue weighted by molar-refractivity contribution is 4.93. The average Bonchev–Trinajstić information content (AvgIpc) is 2.39. The minimum Gasteiger partial charge on any atom is -0.390 e. The number of hydrogen-bond donors (Lipinski definition) is 1. The Morgan fingerprint density at radius 2 is 1.84 bits per heavy atom. The number of fused-ring (bicyclic) bond motifs is 1. The van der Waals surface area contributed by atoms with Crippen molar-refractivity contribution in [3.8, 4) is 0 Å². The molecular formula is C18H34O. The summed E-state index contributed by atoms with van der Waals surface area (Å²) in [5.41, 5.74) is -0.301. The Labute approximate surface area is 120 Å². The molecule has 2 rings (SSSR count). The van der Waals surface area contributed by atoms with Gasteiger partial charge in [0.2, 0.25) is 0 Å². The molecule has 0 amide bonds. The van der Waals surface area contributed by atoms with Crippen molar-refractivity contribution in [3.63, 3.8) is 0 Å². The van der Waals surface area contributed by atoms with Crippen LogP contribution in [0.4, 0.5) is 0 Å². The Morgan fingerprint density at radius 1 is 1.00 bits per heavy atom. The Kier molecular flexibility index (Phi) is 5.74. The summed E-state index contributed by atoms with van der Waals surface area (Å²) in [5, 5.41) is 10.6. The Balaban J connectivity index is 1.78. The van der Waals surface area contributed by atoms with Gasteiger partial charge in [0.25, 0.3) is 0 Å². The molecule has 2 unspecified atom stereocenters. The van der Waals surface area contributed by atoms with Gasteiger partial charge in [0.05, 0.1) is 5.60 Å². The van der Waals surface area contributed by atoms with E-state index in [1.54, 1.807) is 0 Å². The number of aliphatic hydroxyl groups is 1. The van der Waals surface area contributed by atoms with Gasteiger partial charge in [-0.15, -0.1) is 0 Å². The van der Waals surface area contributed by atoms with Crippen LogP contribution >= 0.6 is 0 Å². The molecule has 0 aromatic carbocycles. The van der Waals surface area contributed by atoms with Crippen LogP contribution in [0.15, 0.2) is 0 Å². The van der Waals surface area contributed by atoms with Crippen LogP contribution in [0.25, 0.3) is 0 Å². The van der Waals surface area contributed by atoms with E-state index in [9.17, 15) is 5.11 Å². The molecule has 0 heterocycles. The van der Waals surface area contributed by atoms with Gasteiger partial charge in [-0.2, -0.15) is 0 Å². The van der Waals surface area contributed by atoms with Gasteiger partial charge in [0.15, 0.2) is 0 Å². The lowest BCUT2D eigenvalue weighted by molar-refractivity contribution is -0.0571. The van der Waals surface area contributed by atoms with Gasteiger partial charge in [-0.25, -0.2) is 0 Å². The molecule has 4 atom stereocenters. The van der Waals surface area contributed by atoms with Crippen molar-refractivity contribution < 1.29 is 5.11 Å². The molecular weight excluding hydrogens is 232 g/mol. The van der Waals surface area contributed by atoms with E-state index >= 15 is 0 Å². The highest BCUT2D eigenvalue weighted by Crippen LogP contribution is 2.48. The average molecular weight is 266 g/mol. The fourth-order valence-corrected chi connectivity index (χ4v) is 4.73. The summed E-state index contributed by atoms with van der Waals surface area (Å²) >= 11 is 0. The predicted octanol–water partition coefficient (Wildman–Crippen LogP) is 5.31. The van der Waals surface area contributed by atoms with Gasteiger partial charge in [-0.1, -0.05) is 52.4 Å². The van der Waals surface area contributed by atoms with Gasteiger partial charge in [0.1, 0.15) is 0 Å². The number of rotatable bonds is 6. The smallest absolute Gasteiger partial charge is 0.0650 e. The highest BCUT2D eigenvalue weighted by Gasteiger charge is 2.41. The largest absolute Gasteiger partial charge is 0.390 e. The molecule has 0 spiro atoms. The lowest BCUT2D eigenvalue weighted by Crippen LogP contribution is -2.41. The molecule has 1 heteroatoms. The van der Waals surface area contributed by atoms with Crippen molar-refractivity contribution in [3.05, 3.63) is 0 Å². The van der Waals surface area contributed by atoms with Crippen LogP contribution in [0.1, 0.15) is 90.9 Å². The molecule has 0 radical (unpaired) electrons. The molecule has 1 nitrogen and oxygen atoms in total. The summed E-state index contributed by atoms with van der Waals surface area (Å²) in [4.78, 5) is 0. The SMILES string of the molecule is CCCCCC1CCC2C[C@](O)(CCC)CC[C@@H]2C1. The van der Waals surface area contributed by atoms with E-state index < -0.39 is 0 Å². The quantitative estimate of drug-likeness (QED) is 0.646. The second-order valence-electron chi connectivity index (χ2n) is 7.41. The van der Waals surface area contributed by atoms with Crippen LogP contribution in [0.3, 0.4) is 0 Å². The van der Waals surface area contributed by atoms with Crippen molar-refractivity contribution in [2.45, 2.75) is 96.5 Å². The van der Waals surface area contributed by atoms with Crippen LogP contribution < -0.4 is 0 Å². The molecule has 112 valence electrons. The predicted molar refractivity (Wildman–Crippen MR) is 82.2 cm³/mol. The van der Waals surface area contributed by atoms with E-state index in [0.29, 0.717) is 0 Å². The third-order valence-corrected chi connectivity index (χ3v) is 5.80. The van der Waals surface area contributed by atoms with Gasteiger partial charge in [-0.3, -0.25) is 0 Å². The molecule has 0 saturated heterocycles. The fourth-order valence-electron chi connectivity index (χ4n) is 4.73. The molecule has 0 aromatic heterocycles. The molecule has 2 fully saturated rings. The zero-order chi connectivity index (χ0) is 13.7. The van der Waals surface area contributed by atoms with Crippen molar-refractivity contribution in [2.24, 2.45) is 17.8 Å². The first-order chi connectivity index (χ1) is 9.17. The van der Waals surface area contributed by atoms with Crippen LogP contribution in [-0.2, 0) is 0 Å². The molecule has 0 bridgehead atoms. The van der Waals surface area contributed by atoms with Crippen LogP contribution in [0.5, 0.6) is 0 Å². The second-order valence-corrected chi connectivity index (χ2v) is 7.41. The van der Waals surface area contributed by atoms with Gasteiger partial charge >= 0.3 is 0 Å². The molecule has 1 N–H and O–H groups in total. The maximum Gasteiger partial charge on any atom is 0.0650 e. The summed E-state index contributed by atoms with van der Waals surface area (Å²) in [7, 11) is 0. The van der Waals surface area contributed by atoms with Gasteiger partial charge in [-0.05, 0) is 56.3 Å². The lowest BCUT2D eigenvalue weighted by Gasteiger charge is -2.46. The third-order valence-electron chi connectivity index (χ3n) is 5.80. The fraction of sp³-hybridized carbons (Fsp3) is 1.00. The summed E-state index contributed by atoms with van der Waals surface area (Å²) in [6.07, 6.45) is 15.6. The second kappa shape index (κ2) is 7.11. The molecule has 0 aromatic rings. The van der Waals surface area contributed by atoms with E-state index in [1.807, 2.05) is 0 Å². The minimum absolute atomic E-state index is 0.301. The number of unbranched alkanes of at least 4 members (excludes halogenated alkanes) is 2. The van der Waals surface area contributed by atoms with E-state index in [4.69, 9.17) is 0 Å². The lowest BCUT2D eigenvalue weighted by atomic mass is 9.62. The molecule has 2 aliphatic rings. The van der Waals surface area contributed by atoms with Crippen LogP contribution in [0, 0.1) is 17.8 Å². The first-order valence-electron chi connectivity index (χ1n) is 8.89. The topological polar surface area (TPSA) is 20.2 Å². The van der Waals surface area contributed by atoms with E-state index in [0.717, 1.165) is 43.4 Å². The molecule has 2 aliphatic carbocycles. The highest BCUT2D eigenvalue weighted by atomic mass is 16.3. The van der Waals surface area contributed by atoms with Crippen molar-refractivity contribution in [2.75, 3.05) is 0 Å². The van der Waals surface area contributed by atoms with Crippen molar-refractivity contribution >= 4 is 0 Å². The number of hydrogen-bond acceptors (Lipinski definition) is 1. The molecule has 0 aliphatic heterocycles. The van der Waals surface area contributed by atoms with Crippen LogP contribution in [-0.4, -0.2) is 10.7 Å². The molecule has 2 saturated carbocycles. The Morgan fingerprint density at radius 3 is 2.58 bits per heavy atom. The Bertz CT molecular complexity index is 262. The first kappa shape index (κ1) is 15.4. The Hall–Kier alpha value is -0.0400. The van der Waals surface area contributed by atoms with Crippen molar-refractivity contribution in [1.29, 1.82) is 0 Å². The third kappa shape index (κ3) is 4.21.